The normalized spacial score (nSPS) is 21.3. The number of amides is 4. The molecule has 1 aromatic heterocycles. The summed E-state index contributed by atoms with van der Waals surface area (Å²) < 4.78 is 0. The highest BCUT2D eigenvalue weighted by molar-refractivity contribution is 7.10. The maximum absolute atomic E-state index is 13.1. The third-order valence-corrected chi connectivity index (χ3v) is 6.33. The molecule has 1 atom stereocenters. The Morgan fingerprint density at radius 3 is 3.00 bits per heavy atom. The van der Waals surface area contributed by atoms with Gasteiger partial charge in [0.15, 0.2) is 0 Å². The number of thiophene rings is 1. The molecule has 1 spiro atoms. The molecule has 0 bridgehead atoms. The third-order valence-electron chi connectivity index (χ3n) is 5.11. The van der Waals surface area contributed by atoms with Gasteiger partial charge in [-0.05, 0) is 55.3 Å². The van der Waals surface area contributed by atoms with Gasteiger partial charge in [-0.3, -0.25) is 14.5 Å². The quantitative estimate of drug-likeness (QED) is 0.770. The summed E-state index contributed by atoms with van der Waals surface area (Å²) in [5.74, 6) is -0.799. The number of benzene rings is 1. The van der Waals surface area contributed by atoms with Crippen LogP contribution >= 0.6 is 22.9 Å². The van der Waals surface area contributed by atoms with Gasteiger partial charge in [-0.25, -0.2) is 4.79 Å². The van der Waals surface area contributed by atoms with E-state index in [0.29, 0.717) is 17.1 Å². The molecule has 2 N–H and O–H groups in total. The molecule has 1 fully saturated rings. The largest absolute Gasteiger partial charge is 0.325 e. The Morgan fingerprint density at radius 1 is 1.37 bits per heavy atom. The Bertz CT molecular complexity index is 957. The van der Waals surface area contributed by atoms with E-state index < -0.39 is 17.5 Å². The van der Waals surface area contributed by atoms with Crippen LogP contribution in [0.15, 0.2) is 29.6 Å². The van der Waals surface area contributed by atoms with Crippen molar-refractivity contribution in [1.82, 2.24) is 10.2 Å². The van der Waals surface area contributed by atoms with Crippen LogP contribution in [0.3, 0.4) is 0 Å². The van der Waals surface area contributed by atoms with Crippen LogP contribution in [0.2, 0.25) is 5.02 Å². The minimum absolute atomic E-state index is 0.335. The second-order valence-electron chi connectivity index (χ2n) is 6.85. The van der Waals surface area contributed by atoms with Crippen LogP contribution in [-0.4, -0.2) is 29.3 Å². The van der Waals surface area contributed by atoms with Crippen LogP contribution in [0, 0.1) is 6.92 Å². The van der Waals surface area contributed by atoms with Crippen molar-refractivity contribution >= 4 is 46.5 Å². The van der Waals surface area contributed by atoms with Crippen molar-refractivity contribution in [2.24, 2.45) is 0 Å². The summed E-state index contributed by atoms with van der Waals surface area (Å²) >= 11 is 7.57. The van der Waals surface area contributed by atoms with E-state index in [9.17, 15) is 14.4 Å². The van der Waals surface area contributed by atoms with Crippen molar-refractivity contribution in [2.75, 3.05) is 11.9 Å². The van der Waals surface area contributed by atoms with E-state index >= 15 is 0 Å². The maximum atomic E-state index is 13.1. The highest BCUT2D eigenvalue weighted by atomic mass is 35.5. The molecule has 0 radical (unpaired) electrons. The molecule has 1 aliphatic heterocycles. The van der Waals surface area contributed by atoms with Gasteiger partial charge < -0.3 is 10.6 Å². The fourth-order valence-electron chi connectivity index (χ4n) is 3.75. The van der Waals surface area contributed by atoms with E-state index in [1.54, 1.807) is 29.5 Å². The summed E-state index contributed by atoms with van der Waals surface area (Å²) in [4.78, 5) is 40.2. The first-order valence-corrected chi connectivity index (χ1v) is 9.93. The molecule has 140 valence electrons. The highest BCUT2D eigenvalue weighted by Gasteiger charge is 2.54. The first-order chi connectivity index (χ1) is 12.9. The fourth-order valence-corrected chi connectivity index (χ4v) is 4.92. The number of carbonyl (C=O) groups excluding carboxylic acids is 3. The standard InChI is InChI=1S/C19H18ClN3O3S/c1-11-4-5-12(20)9-14(11)21-16(24)10-23-17(25)19(22-18(23)26)7-2-3-15-13(19)6-8-27-15/h4-6,8-9H,2-3,7,10H2,1H3,(H,21,24)(H,22,26)/t19-/m1/s1. The van der Waals surface area contributed by atoms with Crippen LogP contribution in [-0.2, 0) is 21.5 Å². The lowest BCUT2D eigenvalue weighted by Gasteiger charge is -2.31. The molecular weight excluding hydrogens is 386 g/mol. The van der Waals surface area contributed by atoms with E-state index in [1.807, 2.05) is 18.4 Å². The molecule has 4 amide bonds. The average Bonchev–Trinajstić information content (AvgIpc) is 3.19. The minimum atomic E-state index is -1.03. The Labute approximate surface area is 165 Å². The van der Waals surface area contributed by atoms with Gasteiger partial charge in [0.05, 0.1) is 0 Å². The Morgan fingerprint density at radius 2 is 2.19 bits per heavy atom. The molecule has 1 aliphatic carbocycles. The van der Waals surface area contributed by atoms with Crippen molar-refractivity contribution in [2.45, 2.75) is 31.7 Å². The molecule has 2 aromatic rings. The number of imide groups is 1. The lowest BCUT2D eigenvalue weighted by molar-refractivity contribution is -0.134. The van der Waals surface area contributed by atoms with Crippen LogP contribution < -0.4 is 10.6 Å². The average molecular weight is 404 g/mol. The Hall–Kier alpha value is -2.38. The number of halogens is 1. The number of carbonyl (C=O) groups is 3. The number of rotatable bonds is 3. The first kappa shape index (κ1) is 18.0. The lowest BCUT2D eigenvalue weighted by Crippen LogP contribution is -2.46. The van der Waals surface area contributed by atoms with E-state index in [2.05, 4.69) is 10.6 Å². The van der Waals surface area contributed by atoms with Gasteiger partial charge in [0.2, 0.25) is 5.91 Å². The van der Waals surface area contributed by atoms with Crippen molar-refractivity contribution in [3.8, 4) is 0 Å². The number of urea groups is 1. The predicted octanol–water partition coefficient (Wildman–Crippen LogP) is 3.43. The summed E-state index contributed by atoms with van der Waals surface area (Å²) in [5, 5.41) is 8.01. The molecule has 4 rings (SSSR count). The van der Waals surface area contributed by atoms with Crippen LogP contribution in [0.1, 0.15) is 28.8 Å². The van der Waals surface area contributed by atoms with Crippen molar-refractivity contribution in [3.63, 3.8) is 0 Å². The van der Waals surface area contributed by atoms with Gasteiger partial charge in [0.1, 0.15) is 12.1 Å². The predicted molar refractivity (Wildman–Crippen MR) is 104 cm³/mol. The van der Waals surface area contributed by atoms with Crippen LogP contribution in [0.25, 0.3) is 0 Å². The number of anilines is 1. The smallest absolute Gasteiger partial charge is 0.324 e. The zero-order valence-corrected chi connectivity index (χ0v) is 16.2. The Kier molecular flexibility index (Phi) is 4.44. The number of hydrogen-bond acceptors (Lipinski definition) is 4. The van der Waals surface area contributed by atoms with Crippen LogP contribution in [0.5, 0.6) is 0 Å². The first-order valence-electron chi connectivity index (χ1n) is 8.68. The number of nitrogens with zero attached hydrogens (tertiary/aromatic N) is 1. The molecule has 6 nitrogen and oxygen atoms in total. The van der Waals surface area contributed by atoms with Crippen molar-refractivity contribution in [3.05, 3.63) is 50.7 Å². The molecular formula is C19H18ClN3O3S. The summed E-state index contributed by atoms with van der Waals surface area (Å²) in [6.07, 6.45) is 2.28. The summed E-state index contributed by atoms with van der Waals surface area (Å²) in [6, 6.07) is 6.53. The van der Waals surface area contributed by atoms with Crippen molar-refractivity contribution in [1.29, 1.82) is 0 Å². The van der Waals surface area contributed by atoms with Gasteiger partial charge in [-0.1, -0.05) is 17.7 Å². The number of nitrogens with one attached hydrogen (secondary N) is 2. The molecule has 27 heavy (non-hydrogen) atoms. The number of fused-ring (bicyclic) bond motifs is 2. The van der Waals surface area contributed by atoms with Gasteiger partial charge in [0.25, 0.3) is 5.91 Å². The Balaban J connectivity index is 1.54. The highest BCUT2D eigenvalue weighted by Crippen LogP contribution is 2.42. The van der Waals surface area contributed by atoms with E-state index in [1.165, 1.54) is 0 Å². The topological polar surface area (TPSA) is 78.5 Å². The van der Waals surface area contributed by atoms with Gasteiger partial charge in [-0.15, -0.1) is 11.3 Å². The maximum Gasteiger partial charge on any atom is 0.325 e. The van der Waals surface area contributed by atoms with E-state index in [0.717, 1.165) is 33.7 Å². The van der Waals surface area contributed by atoms with E-state index in [4.69, 9.17) is 11.6 Å². The summed E-state index contributed by atoms with van der Waals surface area (Å²) in [5.41, 5.74) is 1.24. The summed E-state index contributed by atoms with van der Waals surface area (Å²) in [7, 11) is 0. The fraction of sp³-hybridized carbons (Fsp3) is 0.316. The molecule has 0 saturated carbocycles. The van der Waals surface area contributed by atoms with Crippen LogP contribution in [0.4, 0.5) is 10.5 Å². The molecule has 1 aromatic carbocycles. The van der Waals surface area contributed by atoms with Crippen molar-refractivity contribution < 1.29 is 14.4 Å². The monoisotopic (exact) mass is 403 g/mol. The summed E-state index contributed by atoms with van der Waals surface area (Å²) in [6.45, 7) is 1.51. The number of aryl methyl sites for hydroxylation is 2. The SMILES string of the molecule is Cc1ccc(Cl)cc1NC(=O)CN1C(=O)N[C@@]2(CCCc3sccc32)C1=O. The van der Waals surface area contributed by atoms with Gasteiger partial charge in [-0.2, -0.15) is 0 Å². The zero-order chi connectivity index (χ0) is 19.2. The molecule has 1 saturated heterocycles. The minimum Gasteiger partial charge on any atom is -0.324 e. The van der Waals surface area contributed by atoms with E-state index in [-0.39, 0.29) is 12.5 Å². The molecule has 2 heterocycles. The molecule has 0 unspecified atom stereocenters. The van der Waals surface area contributed by atoms with Gasteiger partial charge >= 0.3 is 6.03 Å². The molecule has 8 heteroatoms. The number of hydrogen-bond donors (Lipinski definition) is 2. The second kappa shape index (κ2) is 6.65. The third kappa shape index (κ3) is 3.00. The lowest BCUT2D eigenvalue weighted by atomic mass is 9.80. The zero-order valence-electron chi connectivity index (χ0n) is 14.7. The van der Waals surface area contributed by atoms with Gasteiger partial charge in [0, 0.05) is 21.2 Å². The molecule has 2 aliphatic rings. The second-order valence-corrected chi connectivity index (χ2v) is 8.28.